The third kappa shape index (κ3) is 5.49. The van der Waals surface area contributed by atoms with E-state index in [0.717, 1.165) is 5.56 Å². The Kier molecular flexibility index (Phi) is 6.71. The Hall–Kier alpha value is -3.51. The van der Waals surface area contributed by atoms with E-state index < -0.39 is 5.91 Å². The maximum Gasteiger partial charge on any atom is 0.275 e. The molecule has 0 atom stereocenters. The monoisotopic (exact) mass is 410 g/mol. The van der Waals surface area contributed by atoms with Crippen LogP contribution in [0.2, 0.25) is 5.02 Å². The van der Waals surface area contributed by atoms with E-state index in [1.165, 1.54) is 19.4 Å². The highest BCUT2D eigenvalue weighted by molar-refractivity contribution is 6.30. The highest BCUT2D eigenvalue weighted by Crippen LogP contribution is 2.22. The minimum Gasteiger partial charge on any atom is -0.507 e. The number of para-hydroxylation sites is 1. The zero-order valence-electron chi connectivity index (χ0n) is 15.6. The number of halogens is 1. The average molecular weight is 411 g/mol. The van der Waals surface area contributed by atoms with Gasteiger partial charge in [-0.25, -0.2) is 5.43 Å². The Labute approximate surface area is 173 Å². The molecule has 148 valence electrons. The molecule has 0 fully saturated rings. The third-order valence-corrected chi connectivity index (χ3v) is 4.30. The van der Waals surface area contributed by atoms with Crippen LogP contribution in [0.4, 0.5) is 0 Å². The lowest BCUT2D eigenvalue weighted by atomic mass is 10.2. The first kappa shape index (κ1) is 20.2. The van der Waals surface area contributed by atoms with Gasteiger partial charge in [-0.3, -0.25) is 4.79 Å². The highest BCUT2D eigenvalue weighted by atomic mass is 35.5. The Bertz CT molecular complexity index is 1020. The maximum atomic E-state index is 12.5. The number of hydrazone groups is 1. The first-order valence-electron chi connectivity index (χ1n) is 8.73. The van der Waals surface area contributed by atoms with Gasteiger partial charge in [0.15, 0.2) is 0 Å². The molecular formula is C22H19ClN2O4. The van der Waals surface area contributed by atoms with Gasteiger partial charge in [0.1, 0.15) is 23.9 Å². The molecule has 3 aromatic carbocycles. The van der Waals surface area contributed by atoms with Crippen LogP contribution in [0.25, 0.3) is 0 Å². The van der Waals surface area contributed by atoms with Gasteiger partial charge in [-0.05, 0) is 48.0 Å². The Morgan fingerprint density at radius 3 is 2.66 bits per heavy atom. The van der Waals surface area contributed by atoms with Crippen molar-refractivity contribution in [1.29, 1.82) is 0 Å². The Morgan fingerprint density at radius 2 is 1.90 bits per heavy atom. The molecule has 0 saturated heterocycles. The van der Waals surface area contributed by atoms with Gasteiger partial charge < -0.3 is 14.6 Å². The number of carbonyl (C=O) groups is 1. The van der Waals surface area contributed by atoms with E-state index >= 15 is 0 Å². The molecule has 0 aliphatic rings. The van der Waals surface area contributed by atoms with Crippen LogP contribution in [-0.4, -0.2) is 24.3 Å². The first-order chi connectivity index (χ1) is 14.1. The summed E-state index contributed by atoms with van der Waals surface area (Å²) >= 11 is 5.89. The minimum absolute atomic E-state index is 0.0236. The quantitative estimate of drug-likeness (QED) is 0.447. The van der Waals surface area contributed by atoms with Crippen molar-refractivity contribution in [2.45, 2.75) is 6.61 Å². The number of amides is 1. The molecule has 0 spiro atoms. The zero-order valence-corrected chi connectivity index (χ0v) is 16.4. The van der Waals surface area contributed by atoms with Crippen LogP contribution in [-0.2, 0) is 6.61 Å². The summed E-state index contributed by atoms with van der Waals surface area (Å²) in [5.41, 5.74) is 4.12. The SMILES string of the molecule is COc1ccc(O)c(/C=N\NC(=O)c2ccccc2OCc2ccc(Cl)cc2)c1. The van der Waals surface area contributed by atoms with E-state index in [1.807, 2.05) is 12.1 Å². The van der Waals surface area contributed by atoms with Crippen molar-refractivity contribution in [2.75, 3.05) is 7.11 Å². The fourth-order valence-electron chi connectivity index (χ4n) is 2.51. The molecule has 3 aromatic rings. The van der Waals surface area contributed by atoms with Crippen molar-refractivity contribution < 1.29 is 19.4 Å². The summed E-state index contributed by atoms with van der Waals surface area (Å²) in [5.74, 6) is 0.585. The number of nitrogens with one attached hydrogen (secondary N) is 1. The molecule has 7 heteroatoms. The molecule has 29 heavy (non-hydrogen) atoms. The summed E-state index contributed by atoms with van der Waals surface area (Å²) in [6.07, 6.45) is 1.34. The molecule has 0 aromatic heterocycles. The predicted octanol–water partition coefficient (Wildman–Crippen LogP) is 4.40. The Morgan fingerprint density at radius 1 is 1.14 bits per heavy atom. The van der Waals surface area contributed by atoms with Crippen molar-refractivity contribution in [3.05, 3.63) is 88.4 Å². The van der Waals surface area contributed by atoms with Gasteiger partial charge in [0, 0.05) is 10.6 Å². The maximum absolute atomic E-state index is 12.5. The standard InChI is InChI=1S/C22H19ClN2O4/c1-28-18-10-11-20(26)16(12-18)13-24-25-22(27)19-4-2-3-5-21(19)29-14-15-6-8-17(23)9-7-15/h2-13,26H,14H2,1H3,(H,25,27)/b24-13-. The second-order valence-electron chi connectivity index (χ2n) is 6.04. The molecule has 1 amide bonds. The fourth-order valence-corrected chi connectivity index (χ4v) is 2.63. The number of carbonyl (C=O) groups excluding carboxylic acids is 1. The Balaban J connectivity index is 1.67. The van der Waals surface area contributed by atoms with Crippen molar-refractivity contribution in [1.82, 2.24) is 5.43 Å². The van der Waals surface area contributed by atoms with Gasteiger partial charge in [0.25, 0.3) is 5.91 Å². The van der Waals surface area contributed by atoms with Crippen LogP contribution in [0.5, 0.6) is 17.2 Å². The number of benzene rings is 3. The summed E-state index contributed by atoms with van der Waals surface area (Å²) in [6, 6.07) is 18.9. The van der Waals surface area contributed by atoms with E-state index in [-0.39, 0.29) is 5.75 Å². The summed E-state index contributed by atoms with van der Waals surface area (Å²) in [5, 5.41) is 14.4. The number of rotatable bonds is 7. The minimum atomic E-state index is -0.435. The summed E-state index contributed by atoms with van der Waals surface area (Å²) in [4.78, 5) is 12.5. The molecule has 0 aliphatic heterocycles. The number of hydrogen-bond donors (Lipinski definition) is 2. The number of ether oxygens (including phenoxy) is 2. The van der Waals surface area contributed by atoms with Crippen LogP contribution in [0.15, 0.2) is 71.8 Å². The molecule has 0 unspecified atom stereocenters. The lowest BCUT2D eigenvalue weighted by Gasteiger charge is -2.10. The van der Waals surface area contributed by atoms with Crippen LogP contribution in [0, 0.1) is 0 Å². The molecule has 0 aliphatic carbocycles. The molecule has 0 bridgehead atoms. The fraction of sp³-hybridized carbons (Fsp3) is 0.0909. The number of aromatic hydroxyl groups is 1. The van der Waals surface area contributed by atoms with Crippen molar-refractivity contribution in [3.63, 3.8) is 0 Å². The lowest BCUT2D eigenvalue weighted by Crippen LogP contribution is -2.18. The van der Waals surface area contributed by atoms with Crippen LogP contribution in [0.3, 0.4) is 0 Å². The first-order valence-corrected chi connectivity index (χ1v) is 9.11. The number of hydrogen-bond acceptors (Lipinski definition) is 5. The zero-order chi connectivity index (χ0) is 20.6. The molecule has 0 heterocycles. The second kappa shape index (κ2) is 9.61. The van der Waals surface area contributed by atoms with Crippen molar-refractivity contribution in [3.8, 4) is 17.2 Å². The molecule has 2 N–H and O–H groups in total. The average Bonchev–Trinajstić information content (AvgIpc) is 2.75. The molecule has 6 nitrogen and oxygen atoms in total. The van der Waals surface area contributed by atoms with E-state index in [2.05, 4.69) is 10.5 Å². The summed E-state index contributed by atoms with van der Waals surface area (Å²) in [7, 11) is 1.52. The topological polar surface area (TPSA) is 80.2 Å². The lowest BCUT2D eigenvalue weighted by molar-refractivity contribution is 0.0950. The summed E-state index contributed by atoms with van der Waals surface area (Å²) < 4.78 is 10.9. The van der Waals surface area contributed by atoms with E-state index in [4.69, 9.17) is 21.1 Å². The molecule has 3 rings (SSSR count). The van der Waals surface area contributed by atoms with Gasteiger partial charge in [-0.2, -0.15) is 5.10 Å². The predicted molar refractivity (Wildman–Crippen MR) is 112 cm³/mol. The van der Waals surface area contributed by atoms with E-state index in [9.17, 15) is 9.90 Å². The van der Waals surface area contributed by atoms with Crippen molar-refractivity contribution >= 4 is 23.7 Å². The molecule has 0 saturated carbocycles. The van der Waals surface area contributed by atoms with E-state index in [1.54, 1.807) is 48.5 Å². The van der Waals surface area contributed by atoms with Crippen molar-refractivity contribution in [2.24, 2.45) is 5.10 Å². The van der Waals surface area contributed by atoms with E-state index in [0.29, 0.717) is 34.3 Å². The molecular weight excluding hydrogens is 392 g/mol. The third-order valence-electron chi connectivity index (χ3n) is 4.04. The molecule has 0 radical (unpaired) electrons. The van der Waals surface area contributed by atoms with Gasteiger partial charge in [0.2, 0.25) is 0 Å². The number of nitrogens with zero attached hydrogens (tertiary/aromatic N) is 1. The van der Waals surface area contributed by atoms with Crippen LogP contribution in [0.1, 0.15) is 21.5 Å². The number of phenols is 1. The normalized spacial score (nSPS) is 10.7. The van der Waals surface area contributed by atoms with Gasteiger partial charge in [0.05, 0.1) is 18.9 Å². The van der Waals surface area contributed by atoms with Crippen LogP contribution >= 0.6 is 11.6 Å². The van der Waals surface area contributed by atoms with Gasteiger partial charge in [-0.15, -0.1) is 0 Å². The smallest absolute Gasteiger partial charge is 0.275 e. The highest BCUT2D eigenvalue weighted by Gasteiger charge is 2.12. The number of methoxy groups -OCH3 is 1. The second-order valence-corrected chi connectivity index (χ2v) is 6.47. The summed E-state index contributed by atoms with van der Waals surface area (Å²) in [6.45, 7) is 0.294. The largest absolute Gasteiger partial charge is 0.507 e. The number of phenolic OH excluding ortho intramolecular Hbond substituents is 1. The van der Waals surface area contributed by atoms with Crippen LogP contribution < -0.4 is 14.9 Å². The van der Waals surface area contributed by atoms with Gasteiger partial charge in [-0.1, -0.05) is 35.9 Å². The van der Waals surface area contributed by atoms with Gasteiger partial charge >= 0.3 is 0 Å².